The molecule has 51 heavy (non-hydrogen) atoms. The first kappa shape index (κ1) is 37.8. The van der Waals surface area contributed by atoms with Crippen molar-refractivity contribution in [1.29, 1.82) is 0 Å². The van der Waals surface area contributed by atoms with Crippen LogP contribution in [-0.4, -0.2) is 102 Å². The van der Waals surface area contributed by atoms with Crippen molar-refractivity contribution in [2.24, 2.45) is 17.3 Å². The van der Waals surface area contributed by atoms with Gasteiger partial charge in [0.2, 0.25) is 27.7 Å². The zero-order valence-corrected chi connectivity index (χ0v) is 30.0. The Labute approximate surface area is 297 Å². The highest BCUT2D eigenvalue weighted by Crippen LogP contribution is 2.45. The summed E-state index contributed by atoms with van der Waals surface area (Å²) < 4.78 is 33.0. The number of aromatic carboxylic acids is 1. The van der Waals surface area contributed by atoms with E-state index >= 15 is 0 Å². The van der Waals surface area contributed by atoms with Crippen molar-refractivity contribution >= 4 is 51.4 Å². The topological polar surface area (TPSA) is 209 Å². The number of benzene rings is 1. The van der Waals surface area contributed by atoms with Gasteiger partial charge < -0.3 is 25.0 Å². The molecular formula is C35H47N5O10S. The molecule has 1 aromatic carbocycles. The second-order valence-corrected chi connectivity index (χ2v) is 17.0. The van der Waals surface area contributed by atoms with Crippen LogP contribution in [0, 0.1) is 17.3 Å². The molecule has 0 aromatic heterocycles. The van der Waals surface area contributed by atoms with Gasteiger partial charge in [-0.2, -0.15) is 0 Å². The summed E-state index contributed by atoms with van der Waals surface area (Å²) in [6.45, 7) is 10.2. The minimum atomic E-state index is -3.93. The lowest BCUT2D eigenvalue weighted by Gasteiger charge is -2.36. The van der Waals surface area contributed by atoms with E-state index in [0.717, 1.165) is 19.3 Å². The van der Waals surface area contributed by atoms with Crippen LogP contribution < -0.4 is 15.4 Å². The van der Waals surface area contributed by atoms with Crippen molar-refractivity contribution in [3.05, 3.63) is 42.5 Å². The van der Waals surface area contributed by atoms with Crippen LogP contribution >= 0.6 is 0 Å². The number of amides is 5. The quantitative estimate of drug-likeness (QED) is 0.231. The van der Waals surface area contributed by atoms with Crippen molar-refractivity contribution in [2.45, 2.75) is 95.1 Å². The molecule has 2 saturated heterocycles. The van der Waals surface area contributed by atoms with E-state index in [1.54, 1.807) is 4.90 Å². The average Bonchev–Trinajstić information content (AvgIpc) is 4.00. The molecular weight excluding hydrogens is 682 g/mol. The molecule has 2 heterocycles. The summed E-state index contributed by atoms with van der Waals surface area (Å²) >= 11 is 0. The maximum Gasteiger partial charge on any atom is 0.411 e. The number of sulfonamides is 1. The number of piperidine rings is 1. The lowest BCUT2D eigenvalue weighted by molar-refractivity contribution is -0.148. The predicted octanol–water partition coefficient (Wildman–Crippen LogP) is 2.64. The highest BCUT2D eigenvalue weighted by atomic mass is 32.2. The number of carboxylic acid groups (broad SMARTS) is 1. The Morgan fingerprint density at radius 2 is 1.75 bits per heavy atom. The van der Waals surface area contributed by atoms with E-state index in [2.05, 4.69) is 21.9 Å². The summed E-state index contributed by atoms with van der Waals surface area (Å²) in [7, 11) is -3.93. The number of anilines is 1. The van der Waals surface area contributed by atoms with Crippen LogP contribution in [0.4, 0.5) is 10.5 Å². The van der Waals surface area contributed by atoms with Crippen molar-refractivity contribution in [1.82, 2.24) is 19.8 Å². The van der Waals surface area contributed by atoms with Crippen LogP contribution in [0.3, 0.4) is 0 Å². The first-order valence-electron chi connectivity index (χ1n) is 17.4. The molecule has 4 aliphatic rings. The molecule has 1 aromatic rings. The highest BCUT2D eigenvalue weighted by Gasteiger charge is 2.62. The molecule has 0 spiro atoms. The second-order valence-electron chi connectivity index (χ2n) is 15.0. The molecule has 0 radical (unpaired) electrons. The second kappa shape index (κ2) is 14.6. The van der Waals surface area contributed by atoms with Gasteiger partial charge in [0.05, 0.1) is 29.0 Å². The molecule has 16 heteroatoms. The third kappa shape index (κ3) is 8.54. The SMILES string of the molecule is C=C[C@@H]1C[C@]1(NC(=O)[C@@H]1C[C@@H](OC(=O)Nc2ccccc2C(=O)O)CN1C(=O)[C@@H](CC(=O)N1CCCCC1)C(C)(C)C)C(=O)NS(=O)(=O)C1CC1. The van der Waals surface area contributed by atoms with E-state index in [9.17, 15) is 42.3 Å². The number of rotatable bonds is 12. The zero-order chi connectivity index (χ0) is 37.3. The molecule has 5 amide bonds. The lowest BCUT2D eigenvalue weighted by atomic mass is 9.77. The van der Waals surface area contributed by atoms with Gasteiger partial charge in [0, 0.05) is 31.8 Å². The van der Waals surface area contributed by atoms with E-state index in [0.29, 0.717) is 25.9 Å². The third-order valence-corrected chi connectivity index (χ3v) is 12.0. The normalized spacial score (nSPS) is 25.3. The minimum absolute atomic E-state index is 0.0162. The number of hydrogen-bond acceptors (Lipinski definition) is 9. The molecule has 5 atom stereocenters. The Balaban J connectivity index is 1.38. The Hall–Kier alpha value is -4.47. The van der Waals surface area contributed by atoms with E-state index in [1.807, 2.05) is 20.8 Å². The van der Waals surface area contributed by atoms with Crippen molar-refractivity contribution in [3.63, 3.8) is 0 Å². The molecule has 5 rings (SSSR count). The van der Waals surface area contributed by atoms with E-state index in [-0.39, 0.29) is 43.0 Å². The van der Waals surface area contributed by atoms with Gasteiger partial charge in [-0.3, -0.25) is 29.2 Å². The number of para-hydroxylation sites is 1. The third-order valence-electron chi connectivity index (χ3n) is 10.2. The van der Waals surface area contributed by atoms with E-state index < -0.39 is 80.0 Å². The fraction of sp³-hybridized carbons (Fsp3) is 0.600. The standard InChI is InChI=1S/C35H47N5O10S/c1-5-21-19-35(21,32(46)38-51(48,49)23-13-14-23)37-29(42)27-17-22(50-33(47)36-26-12-8-7-11-24(26)31(44)45)20-40(27)30(43)25(34(2,3)4)18-28(41)39-15-9-6-10-16-39/h5,7-8,11-12,21-23,25,27H,1,6,9-10,13-20H2,2-4H3,(H,36,47)(H,37,42)(H,38,46)(H,44,45)/t21-,22-,25-,27+,35-/m1/s1. The predicted molar refractivity (Wildman–Crippen MR) is 185 cm³/mol. The Morgan fingerprint density at radius 1 is 1.08 bits per heavy atom. The largest absolute Gasteiger partial charge is 0.478 e. The number of nitrogens with one attached hydrogen (secondary N) is 3. The summed E-state index contributed by atoms with van der Waals surface area (Å²) in [5.74, 6) is -5.04. The van der Waals surface area contributed by atoms with Crippen LogP contribution in [0.5, 0.6) is 0 Å². The monoisotopic (exact) mass is 729 g/mol. The Bertz CT molecular complexity index is 1700. The fourth-order valence-corrected chi connectivity index (χ4v) is 8.24. The number of carbonyl (C=O) groups excluding carboxylic acids is 5. The molecule has 2 aliphatic heterocycles. The number of ether oxygens (including phenoxy) is 1. The first-order chi connectivity index (χ1) is 24.0. The fourth-order valence-electron chi connectivity index (χ4n) is 6.87. The molecule has 4 N–H and O–H groups in total. The molecule has 2 saturated carbocycles. The van der Waals surface area contributed by atoms with Crippen LogP contribution in [0.2, 0.25) is 0 Å². The van der Waals surface area contributed by atoms with Crippen molar-refractivity contribution in [2.75, 3.05) is 25.0 Å². The van der Waals surface area contributed by atoms with Gasteiger partial charge in [-0.1, -0.05) is 39.0 Å². The molecule has 0 bridgehead atoms. The highest BCUT2D eigenvalue weighted by molar-refractivity contribution is 7.91. The Morgan fingerprint density at radius 3 is 2.33 bits per heavy atom. The van der Waals surface area contributed by atoms with Gasteiger partial charge in [-0.15, -0.1) is 6.58 Å². The van der Waals surface area contributed by atoms with Gasteiger partial charge in [-0.25, -0.2) is 18.0 Å². The number of likely N-dealkylation sites (tertiary alicyclic amines) is 2. The summed E-state index contributed by atoms with van der Waals surface area (Å²) in [6.07, 6.45) is 2.84. The van der Waals surface area contributed by atoms with Crippen LogP contribution in [0.25, 0.3) is 0 Å². The summed E-state index contributed by atoms with van der Waals surface area (Å²) in [6, 6.07) is 4.47. The van der Waals surface area contributed by atoms with E-state index in [1.165, 1.54) is 35.2 Å². The zero-order valence-electron chi connectivity index (χ0n) is 29.2. The number of nitrogens with zero attached hydrogens (tertiary/aromatic N) is 2. The smallest absolute Gasteiger partial charge is 0.411 e. The molecule has 0 unspecified atom stereocenters. The van der Waals surface area contributed by atoms with Crippen LogP contribution in [-0.2, 0) is 33.9 Å². The molecule has 278 valence electrons. The summed E-state index contributed by atoms with van der Waals surface area (Å²) in [4.78, 5) is 83.0. The molecule has 2 aliphatic carbocycles. The van der Waals surface area contributed by atoms with Gasteiger partial charge >= 0.3 is 12.1 Å². The number of carbonyl (C=O) groups is 6. The maximum atomic E-state index is 14.5. The Kier molecular flexibility index (Phi) is 10.8. The van der Waals surface area contributed by atoms with Gasteiger partial charge in [0.15, 0.2) is 0 Å². The number of hydrogen-bond donors (Lipinski definition) is 4. The molecule has 4 fully saturated rings. The number of carboxylic acids is 1. The first-order valence-corrected chi connectivity index (χ1v) is 18.9. The van der Waals surface area contributed by atoms with Crippen LogP contribution in [0.15, 0.2) is 36.9 Å². The van der Waals surface area contributed by atoms with Gasteiger partial charge in [-0.05, 0) is 56.1 Å². The van der Waals surface area contributed by atoms with Crippen molar-refractivity contribution < 1.29 is 47.0 Å². The van der Waals surface area contributed by atoms with Gasteiger partial charge in [0.25, 0.3) is 5.91 Å². The minimum Gasteiger partial charge on any atom is -0.478 e. The summed E-state index contributed by atoms with van der Waals surface area (Å²) in [5, 5.41) is 13.9. The van der Waals surface area contributed by atoms with Crippen LogP contribution in [0.1, 0.15) is 82.5 Å². The molecule has 15 nitrogen and oxygen atoms in total. The van der Waals surface area contributed by atoms with Crippen molar-refractivity contribution in [3.8, 4) is 0 Å². The maximum absolute atomic E-state index is 14.5. The van der Waals surface area contributed by atoms with Gasteiger partial charge in [0.1, 0.15) is 17.7 Å². The summed E-state index contributed by atoms with van der Waals surface area (Å²) in [5.41, 5.74) is -2.52. The average molecular weight is 730 g/mol. The van der Waals surface area contributed by atoms with E-state index in [4.69, 9.17) is 4.74 Å². The lowest BCUT2D eigenvalue weighted by Crippen LogP contribution is -2.57.